The molecule has 1 unspecified atom stereocenters. The molecule has 24 heavy (non-hydrogen) atoms. The number of aryl methyl sites for hydroxylation is 1. The van der Waals surface area contributed by atoms with Crippen LogP contribution in [0.3, 0.4) is 0 Å². The summed E-state index contributed by atoms with van der Waals surface area (Å²) in [4.78, 5) is 0. The van der Waals surface area contributed by atoms with E-state index in [1.165, 1.54) is 43.2 Å². The molecule has 0 saturated carbocycles. The van der Waals surface area contributed by atoms with E-state index in [0.29, 0.717) is 11.7 Å². The lowest BCUT2D eigenvalue weighted by Crippen LogP contribution is -2.05. The van der Waals surface area contributed by atoms with Crippen LogP contribution < -0.4 is 4.74 Å². The summed E-state index contributed by atoms with van der Waals surface area (Å²) >= 11 is 0. The smallest absolute Gasteiger partial charge is 0.126 e. The minimum atomic E-state index is 0.290. The Bertz CT molecular complexity index is 543. The maximum absolute atomic E-state index is 10.5. The van der Waals surface area contributed by atoms with Crippen molar-refractivity contribution in [2.45, 2.75) is 71.6 Å². The molecule has 2 heteroatoms. The molecule has 0 fully saturated rings. The number of methoxy groups -OCH3 is 1. The Morgan fingerprint density at radius 2 is 2.04 bits per heavy atom. The second-order valence-electron chi connectivity index (χ2n) is 6.61. The van der Waals surface area contributed by atoms with Gasteiger partial charge in [-0.15, -0.1) is 6.58 Å². The van der Waals surface area contributed by atoms with Gasteiger partial charge in [0, 0.05) is 11.5 Å². The van der Waals surface area contributed by atoms with E-state index in [1.54, 1.807) is 13.2 Å². The van der Waals surface area contributed by atoms with Crippen molar-refractivity contribution >= 4 is 0 Å². The van der Waals surface area contributed by atoms with Crippen LogP contribution in [0.15, 0.2) is 36.4 Å². The molecule has 2 rings (SSSR count). The van der Waals surface area contributed by atoms with E-state index < -0.39 is 0 Å². The highest BCUT2D eigenvalue weighted by Crippen LogP contribution is 2.41. The number of benzene rings is 1. The van der Waals surface area contributed by atoms with Crippen LogP contribution in [0.4, 0.5) is 0 Å². The molecule has 0 aliphatic heterocycles. The number of allylic oxidation sites excluding steroid dienone is 3. The Kier molecular flexibility index (Phi) is 9.29. The predicted octanol–water partition coefficient (Wildman–Crippen LogP) is 6.54. The summed E-state index contributed by atoms with van der Waals surface area (Å²) in [7, 11) is 1.70. The van der Waals surface area contributed by atoms with Crippen molar-refractivity contribution < 1.29 is 9.84 Å². The number of phenolic OH excluding ortho intramolecular Hbond substituents is 1. The van der Waals surface area contributed by atoms with Crippen LogP contribution >= 0.6 is 0 Å². The van der Waals surface area contributed by atoms with Gasteiger partial charge in [-0.25, -0.2) is 0 Å². The van der Waals surface area contributed by atoms with Gasteiger partial charge in [-0.1, -0.05) is 37.5 Å². The molecule has 1 aromatic rings. The van der Waals surface area contributed by atoms with Crippen molar-refractivity contribution in [3.63, 3.8) is 0 Å². The largest absolute Gasteiger partial charge is 0.507 e. The standard InChI is InChI=1S/C19H28O2.C3H6/c1-4-5-6-9-15-12-17(20)19(18(13-15)21-3)16-10-7-8-14(2)11-16;1-3-2/h11-13,16,20H,4-10H2,1-3H3;3H,1H2,2H3. The summed E-state index contributed by atoms with van der Waals surface area (Å²) in [5.41, 5.74) is 3.56. The average Bonchev–Trinajstić information content (AvgIpc) is 2.55. The number of aromatic hydroxyl groups is 1. The van der Waals surface area contributed by atoms with Crippen LogP contribution in [-0.4, -0.2) is 12.2 Å². The number of phenols is 1. The SMILES string of the molecule is C=CC.CCCCCc1cc(O)c(C2C=C(C)CCC2)c(OC)c1. The zero-order valence-electron chi connectivity index (χ0n) is 15.9. The molecule has 0 aromatic heterocycles. The number of hydrogen-bond donors (Lipinski definition) is 1. The molecule has 0 spiro atoms. The molecule has 0 saturated heterocycles. The molecule has 1 N–H and O–H groups in total. The van der Waals surface area contributed by atoms with Crippen molar-refractivity contribution in [3.8, 4) is 11.5 Å². The van der Waals surface area contributed by atoms with Gasteiger partial charge in [0.05, 0.1) is 7.11 Å². The van der Waals surface area contributed by atoms with Crippen LogP contribution in [0.1, 0.15) is 76.3 Å². The first-order chi connectivity index (χ1) is 11.6. The fourth-order valence-corrected chi connectivity index (χ4v) is 3.27. The number of unbranched alkanes of at least 4 members (excludes halogenated alkanes) is 2. The summed E-state index contributed by atoms with van der Waals surface area (Å²) in [6.07, 6.45) is 12.1. The maximum atomic E-state index is 10.5. The zero-order chi connectivity index (χ0) is 17.9. The van der Waals surface area contributed by atoms with E-state index in [4.69, 9.17) is 4.74 Å². The Hall–Kier alpha value is -1.70. The molecule has 0 heterocycles. The number of rotatable bonds is 6. The monoisotopic (exact) mass is 330 g/mol. The van der Waals surface area contributed by atoms with Crippen LogP contribution in [0.25, 0.3) is 0 Å². The van der Waals surface area contributed by atoms with Crippen molar-refractivity contribution in [2.24, 2.45) is 0 Å². The Balaban J connectivity index is 0.000000891. The second kappa shape index (κ2) is 11.0. The second-order valence-corrected chi connectivity index (χ2v) is 6.61. The first-order valence-corrected chi connectivity index (χ1v) is 9.21. The first-order valence-electron chi connectivity index (χ1n) is 9.21. The third-order valence-corrected chi connectivity index (χ3v) is 4.41. The number of hydrogen-bond acceptors (Lipinski definition) is 2. The van der Waals surface area contributed by atoms with Gasteiger partial charge < -0.3 is 9.84 Å². The van der Waals surface area contributed by atoms with E-state index in [2.05, 4.69) is 32.6 Å². The average molecular weight is 331 g/mol. The quantitative estimate of drug-likeness (QED) is 0.474. The maximum Gasteiger partial charge on any atom is 0.126 e. The normalized spacial score (nSPS) is 16.7. The fraction of sp³-hybridized carbons (Fsp3) is 0.545. The van der Waals surface area contributed by atoms with Crippen LogP contribution in [0.2, 0.25) is 0 Å². The topological polar surface area (TPSA) is 29.5 Å². The minimum absolute atomic E-state index is 0.290. The highest BCUT2D eigenvalue weighted by molar-refractivity contribution is 5.51. The zero-order valence-corrected chi connectivity index (χ0v) is 15.9. The molecule has 2 nitrogen and oxygen atoms in total. The highest BCUT2D eigenvalue weighted by atomic mass is 16.5. The Morgan fingerprint density at radius 1 is 1.33 bits per heavy atom. The summed E-state index contributed by atoms with van der Waals surface area (Å²) in [6, 6.07) is 4.05. The van der Waals surface area contributed by atoms with Crippen LogP contribution in [-0.2, 0) is 6.42 Å². The Morgan fingerprint density at radius 3 is 2.62 bits per heavy atom. The molecule has 0 bridgehead atoms. The lowest BCUT2D eigenvalue weighted by atomic mass is 9.84. The van der Waals surface area contributed by atoms with Gasteiger partial charge in [0.15, 0.2) is 0 Å². The highest BCUT2D eigenvalue weighted by Gasteiger charge is 2.21. The van der Waals surface area contributed by atoms with Crippen molar-refractivity contribution in [1.82, 2.24) is 0 Å². The van der Waals surface area contributed by atoms with Gasteiger partial charge in [-0.05, 0) is 63.6 Å². The molecular weight excluding hydrogens is 296 g/mol. The van der Waals surface area contributed by atoms with E-state index in [1.807, 2.05) is 13.0 Å². The fourth-order valence-electron chi connectivity index (χ4n) is 3.27. The van der Waals surface area contributed by atoms with E-state index in [9.17, 15) is 5.11 Å². The van der Waals surface area contributed by atoms with Gasteiger partial charge in [-0.3, -0.25) is 0 Å². The third-order valence-electron chi connectivity index (χ3n) is 4.41. The summed E-state index contributed by atoms with van der Waals surface area (Å²) < 4.78 is 5.57. The van der Waals surface area contributed by atoms with Crippen LogP contribution in [0, 0.1) is 0 Å². The predicted molar refractivity (Wildman–Crippen MR) is 104 cm³/mol. The molecule has 134 valence electrons. The summed E-state index contributed by atoms with van der Waals surface area (Å²) in [5.74, 6) is 1.53. The molecule has 1 aliphatic carbocycles. The van der Waals surface area contributed by atoms with Crippen molar-refractivity contribution in [1.29, 1.82) is 0 Å². The van der Waals surface area contributed by atoms with Crippen LogP contribution in [0.5, 0.6) is 11.5 Å². The van der Waals surface area contributed by atoms with E-state index in [-0.39, 0.29) is 0 Å². The lowest BCUT2D eigenvalue weighted by Gasteiger charge is -2.23. The van der Waals surface area contributed by atoms with Gasteiger partial charge in [0.1, 0.15) is 11.5 Å². The number of ether oxygens (including phenoxy) is 1. The lowest BCUT2D eigenvalue weighted by molar-refractivity contribution is 0.393. The molecule has 0 radical (unpaired) electrons. The molecular formula is C22H34O2. The van der Waals surface area contributed by atoms with E-state index >= 15 is 0 Å². The Labute approximate surface area is 148 Å². The minimum Gasteiger partial charge on any atom is -0.507 e. The van der Waals surface area contributed by atoms with Gasteiger partial charge in [0.2, 0.25) is 0 Å². The molecule has 1 aromatic carbocycles. The summed E-state index contributed by atoms with van der Waals surface area (Å²) in [6.45, 7) is 9.63. The van der Waals surface area contributed by atoms with Gasteiger partial charge >= 0.3 is 0 Å². The van der Waals surface area contributed by atoms with Gasteiger partial charge in [0.25, 0.3) is 0 Å². The van der Waals surface area contributed by atoms with Crippen molar-refractivity contribution in [2.75, 3.05) is 7.11 Å². The molecule has 0 amide bonds. The molecule has 1 atom stereocenters. The van der Waals surface area contributed by atoms with Gasteiger partial charge in [-0.2, -0.15) is 0 Å². The van der Waals surface area contributed by atoms with E-state index in [0.717, 1.165) is 24.2 Å². The van der Waals surface area contributed by atoms with Crippen molar-refractivity contribution in [3.05, 3.63) is 47.6 Å². The molecule has 1 aliphatic rings. The first kappa shape index (κ1) is 20.3. The summed E-state index contributed by atoms with van der Waals surface area (Å²) in [5, 5.41) is 10.5. The third kappa shape index (κ3) is 6.07.